The second kappa shape index (κ2) is 2.91. The molecule has 0 aromatic heterocycles. The van der Waals surface area contributed by atoms with Gasteiger partial charge in [0, 0.05) is 12.6 Å². The Morgan fingerprint density at radius 1 is 1.17 bits per heavy atom. The molecule has 2 rings (SSSR count). The van der Waals surface area contributed by atoms with Crippen LogP contribution in [-0.2, 0) is 0 Å². The average molecular weight is 161 g/mol. The Morgan fingerprint density at radius 2 is 1.83 bits per heavy atom. The van der Waals surface area contributed by atoms with Gasteiger partial charge in [-0.05, 0) is 24.0 Å². The lowest BCUT2D eigenvalue weighted by atomic mass is 9.88. The summed E-state index contributed by atoms with van der Waals surface area (Å²) in [7, 11) is 0. The van der Waals surface area contributed by atoms with Gasteiger partial charge >= 0.3 is 0 Å². The Kier molecular flexibility index (Phi) is 1.89. The van der Waals surface area contributed by atoms with E-state index in [-0.39, 0.29) is 0 Å². The Hall–Kier alpha value is -0.820. The summed E-state index contributed by atoms with van der Waals surface area (Å²) in [5.74, 6) is 0.664. The van der Waals surface area contributed by atoms with Gasteiger partial charge in [-0.15, -0.1) is 0 Å². The van der Waals surface area contributed by atoms with Crippen LogP contribution in [-0.4, -0.2) is 6.54 Å². The average Bonchev–Trinajstić information content (AvgIpc) is 2.12. The Morgan fingerprint density at radius 3 is 2.50 bits per heavy atom. The van der Waals surface area contributed by atoms with Gasteiger partial charge in [0.1, 0.15) is 0 Å². The summed E-state index contributed by atoms with van der Waals surface area (Å²) < 4.78 is 0. The van der Waals surface area contributed by atoms with Gasteiger partial charge in [0.2, 0.25) is 0 Å². The molecule has 0 amide bonds. The van der Waals surface area contributed by atoms with Crippen molar-refractivity contribution in [2.45, 2.75) is 25.8 Å². The van der Waals surface area contributed by atoms with E-state index < -0.39 is 0 Å². The molecule has 1 heterocycles. The van der Waals surface area contributed by atoms with Crippen molar-refractivity contribution in [2.75, 3.05) is 6.54 Å². The molecular weight excluding hydrogens is 146 g/mol. The molecule has 0 aliphatic carbocycles. The molecule has 1 N–H and O–H groups in total. The summed E-state index contributed by atoms with van der Waals surface area (Å²) in [5, 5.41) is 3.49. The molecule has 1 aliphatic rings. The lowest BCUT2D eigenvalue weighted by Crippen LogP contribution is -2.30. The quantitative estimate of drug-likeness (QED) is 0.616. The molecule has 1 aromatic rings. The highest BCUT2D eigenvalue weighted by molar-refractivity contribution is 5.34. The maximum Gasteiger partial charge on any atom is 0.0294 e. The molecule has 1 aliphatic heterocycles. The highest BCUT2D eigenvalue weighted by Gasteiger charge is 2.19. The maximum absolute atomic E-state index is 3.49. The molecule has 64 valence electrons. The number of hydrogen-bond acceptors (Lipinski definition) is 1. The van der Waals surface area contributed by atoms with Crippen molar-refractivity contribution in [3.05, 3.63) is 35.4 Å². The molecule has 0 bridgehead atoms. The number of nitrogens with one attached hydrogen (secondary N) is 1. The summed E-state index contributed by atoms with van der Waals surface area (Å²) in [5.41, 5.74) is 2.99. The van der Waals surface area contributed by atoms with Gasteiger partial charge in [-0.3, -0.25) is 0 Å². The molecule has 12 heavy (non-hydrogen) atoms. The minimum Gasteiger partial charge on any atom is -0.310 e. The number of fused-ring (bicyclic) bond motifs is 1. The molecule has 2 atom stereocenters. The van der Waals surface area contributed by atoms with Crippen LogP contribution in [0.4, 0.5) is 0 Å². The van der Waals surface area contributed by atoms with Crippen LogP contribution in [0.3, 0.4) is 0 Å². The summed E-state index contributed by atoms with van der Waals surface area (Å²) in [6, 6.07) is 9.25. The first-order valence-corrected chi connectivity index (χ1v) is 4.61. The molecule has 1 heteroatoms. The maximum atomic E-state index is 3.49. The predicted octanol–water partition coefficient (Wildman–Crippen LogP) is 2.45. The van der Waals surface area contributed by atoms with Crippen LogP contribution in [0.2, 0.25) is 0 Å². The van der Waals surface area contributed by atoms with Gasteiger partial charge in [0.15, 0.2) is 0 Å². The van der Waals surface area contributed by atoms with Crippen LogP contribution < -0.4 is 5.32 Å². The van der Waals surface area contributed by atoms with E-state index >= 15 is 0 Å². The third kappa shape index (κ3) is 1.14. The first kappa shape index (κ1) is 7.81. The third-order valence-electron chi connectivity index (χ3n) is 2.72. The second-order valence-electron chi connectivity index (χ2n) is 3.66. The molecular formula is C11H15N. The fourth-order valence-electron chi connectivity index (χ4n) is 1.93. The Balaban J connectivity index is 2.47. The first-order valence-electron chi connectivity index (χ1n) is 4.61. The van der Waals surface area contributed by atoms with Gasteiger partial charge in [-0.25, -0.2) is 0 Å². The van der Waals surface area contributed by atoms with Gasteiger partial charge < -0.3 is 5.32 Å². The normalized spacial score (nSPS) is 28.2. The molecule has 0 saturated carbocycles. The number of benzene rings is 1. The lowest BCUT2D eigenvalue weighted by Gasteiger charge is -2.28. The van der Waals surface area contributed by atoms with Gasteiger partial charge in [-0.1, -0.05) is 31.2 Å². The molecule has 0 saturated heterocycles. The van der Waals surface area contributed by atoms with Crippen molar-refractivity contribution in [3.63, 3.8) is 0 Å². The predicted molar refractivity (Wildman–Crippen MR) is 51.3 cm³/mol. The SMILES string of the molecule is C[C@@H]1CN[C@H](C)c2ccccc21. The molecule has 0 fully saturated rings. The molecule has 1 nitrogen and oxygen atoms in total. The first-order chi connectivity index (χ1) is 5.79. The molecule has 0 unspecified atom stereocenters. The molecule has 0 spiro atoms. The van der Waals surface area contributed by atoms with E-state index in [1.165, 1.54) is 11.1 Å². The monoisotopic (exact) mass is 161 g/mol. The fraction of sp³-hybridized carbons (Fsp3) is 0.455. The zero-order valence-corrected chi connectivity index (χ0v) is 7.67. The standard InChI is InChI=1S/C11H15N/c1-8-7-12-9(2)11-6-4-3-5-10(8)11/h3-6,8-9,12H,7H2,1-2H3/t8-,9-/m1/s1. The topological polar surface area (TPSA) is 12.0 Å². The van der Waals surface area contributed by atoms with E-state index in [2.05, 4.69) is 43.4 Å². The highest BCUT2D eigenvalue weighted by Crippen LogP contribution is 2.28. The van der Waals surface area contributed by atoms with E-state index in [4.69, 9.17) is 0 Å². The van der Waals surface area contributed by atoms with E-state index in [1.807, 2.05) is 0 Å². The summed E-state index contributed by atoms with van der Waals surface area (Å²) in [4.78, 5) is 0. The van der Waals surface area contributed by atoms with Crippen LogP contribution >= 0.6 is 0 Å². The zero-order valence-electron chi connectivity index (χ0n) is 7.67. The summed E-state index contributed by atoms with van der Waals surface area (Å²) >= 11 is 0. The smallest absolute Gasteiger partial charge is 0.0294 e. The van der Waals surface area contributed by atoms with Gasteiger partial charge in [0.05, 0.1) is 0 Å². The Bertz CT molecular complexity index is 251. The van der Waals surface area contributed by atoms with Crippen LogP contribution in [0.25, 0.3) is 0 Å². The third-order valence-corrected chi connectivity index (χ3v) is 2.72. The molecule has 0 radical (unpaired) electrons. The van der Waals surface area contributed by atoms with Crippen molar-refractivity contribution in [2.24, 2.45) is 0 Å². The fourth-order valence-corrected chi connectivity index (χ4v) is 1.93. The number of rotatable bonds is 0. The lowest BCUT2D eigenvalue weighted by molar-refractivity contribution is 0.495. The highest BCUT2D eigenvalue weighted by atomic mass is 14.9. The van der Waals surface area contributed by atoms with E-state index in [1.54, 1.807) is 0 Å². The minimum atomic E-state index is 0.525. The Labute approximate surface area is 73.8 Å². The van der Waals surface area contributed by atoms with E-state index in [9.17, 15) is 0 Å². The second-order valence-corrected chi connectivity index (χ2v) is 3.66. The van der Waals surface area contributed by atoms with Crippen LogP contribution in [0.5, 0.6) is 0 Å². The van der Waals surface area contributed by atoms with Crippen LogP contribution in [0, 0.1) is 0 Å². The molecule has 1 aromatic carbocycles. The van der Waals surface area contributed by atoms with Crippen molar-refractivity contribution >= 4 is 0 Å². The largest absolute Gasteiger partial charge is 0.310 e. The van der Waals surface area contributed by atoms with Crippen LogP contribution in [0.1, 0.15) is 36.9 Å². The van der Waals surface area contributed by atoms with Crippen molar-refractivity contribution < 1.29 is 0 Å². The van der Waals surface area contributed by atoms with E-state index in [0.29, 0.717) is 12.0 Å². The van der Waals surface area contributed by atoms with Crippen molar-refractivity contribution in [3.8, 4) is 0 Å². The summed E-state index contributed by atoms with van der Waals surface area (Å²) in [6.07, 6.45) is 0. The van der Waals surface area contributed by atoms with Gasteiger partial charge in [-0.2, -0.15) is 0 Å². The van der Waals surface area contributed by atoms with Crippen molar-refractivity contribution in [1.82, 2.24) is 5.32 Å². The van der Waals surface area contributed by atoms with Gasteiger partial charge in [0.25, 0.3) is 0 Å². The van der Waals surface area contributed by atoms with E-state index in [0.717, 1.165) is 6.54 Å². The number of hydrogen-bond donors (Lipinski definition) is 1. The van der Waals surface area contributed by atoms with Crippen molar-refractivity contribution in [1.29, 1.82) is 0 Å². The van der Waals surface area contributed by atoms with Crippen LogP contribution in [0.15, 0.2) is 24.3 Å². The zero-order chi connectivity index (χ0) is 8.55. The minimum absolute atomic E-state index is 0.525. The summed E-state index contributed by atoms with van der Waals surface area (Å²) in [6.45, 7) is 5.61.